The van der Waals surface area contributed by atoms with Crippen LogP contribution in [0.2, 0.25) is 0 Å². The highest BCUT2D eigenvalue weighted by Gasteiger charge is 2.42. The van der Waals surface area contributed by atoms with E-state index in [1.54, 1.807) is 0 Å². The first-order valence-electron chi connectivity index (χ1n) is 7.20. The fourth-order valence-electron chi connectivity index (χ4n) is 3.90. The van der Waals surface area contributed by atoms with E-state index in [0.717, 1.165) is 21.9 Å². The van der Waals surface area contributed by atoms with Gasteiger partial charge in [-0.25, -0.2) is 0 Å². The Hall–Kier alpha value is -0.830. The standard InChI is InChI=1S/C16H20BrNO/c1-10(15-9-11-2-3-13(15)8-11)18-16(19)12-4-6-14(17)7-5-12/h4-7,10-11,13,15H,2-3,8-9H2,1H3,(H,18,19)/t10-,11+,13+,15-/m1/s1. The van der Waals surface area contributed by atoms with E-state index in [2.05, 4.69) is 28.2 Å². The third-order valence-electron chi connectivity index (χ3n) is 4.90. The first-order chi connectivity index (χ1) is 9.13. The molecule has 2 bridgehead atoms. The molecule has 2 aliphatic carbocycles. The highest BCUT2D eigenvalue weighted by molar-refractivity contribution is 9.10. The summed E-state index contributed by atoms with van der Waals surface area (Å²) in [5, 5.41) is 3.19. The van der Waals surface area contributed by atoms with E-state index in [1.807, 2.05) is 24.3 Å². The molecule has 0 saturated heterocycles. The molecular formula is C16H20BrNO. The van der Waals surface area contributed by atoms with Gasteiger partial charge in [-0.15, -0.1) is 0 Å². The molecule has 2 nitrogen and oxygen atoms in total. The van der Waals surface area contributed by atoms with Crippen LogP contribution < -0.4 is 5.32 Å². The fourth-order valence-corrected chi connectivity index (χ4v) is 4.17. The summed E-state index contributed by atoms with van der Waals surface area (Å²) in [6.07, 6.45) is 5.48. The molecule has 19 heavy (non-hydrogen) atoms. The monoisotopic (exact) mass is 321 g/mol. The first kappa shape index (κ1) is 13.2. The number of fused-ring (bicyclic) bond motifs is 2. The summed E-state index contributed by atoms with van der Waals surface area (Å²) in [7, 11) is 0. The first-order valence-corrected chi connectivity index (χ1v) is 7.99. The van der Waals surface area contributed by atoms with Crippen molar-refractivity contribution in [1.82, 2.24) is 5.32 Å². The summed E-state index contributed by atoms with van der Waals surface area (Å²) in [6.45, 7) is 2.17. The Morgan fingerprint density at radius 3 is 2.58 bits per heavy atom. The summed E-state index contributed by atoms with van der Waals surface area (Å²) in [4.78, 5) is 12.2. The van der Waals surface area contributed by atoms with Gasteiger partial charge in [-0.3, -0.25) is 4.79 Å². The van der Waals surface area contributed by atoms with Gasteiger partial charge in [0.05, 0.1) is 0 Å². The van der Waals surface area contributed by atoms with Crippen LogP contribution in [0.4, 0.5) is 0 Å². The van der Waals surface area contributed by atoms with E-state index in [-0.39, 0.29) is 5.91 Å². The Bertz CT molecular complexity index is 470. The van der Waals surface area contributed by atoms with E-state index in [4.69, 9.17) is 0 Å². The molecule has 1 amide bonds. The number of nitrogens with one attached hydrogen (secondary N) is 1. The van der Waals surface area contributed by atoms with Gasteiger partial charge >= 0.3 is 0 Å². The van der Waals surface area contributed by atoms with E-state index in [9.17, 15) is 4.79 Å². The minimum Gasteiger partial charge on any atom is -0.349 e. The maximum Gasteiger partial charge on any atom is 0.251 e. The molecule has 0 spiro atoms. The van der Waals surface area contributed by atoms with Crippen molar-refractivity contribution in [3.63, 3.8) is 0 Å². The van der Waals surface area contributed by atoms with Crippen LogP contribution in [-0.2, 0) is 0 Å². The van der Waals surface area contributed by atoms with Crippen molar-refractivity contribution < 1.29 is 4.79 Å². The van der Waals surface area contributed by atoms with Gasteiger partial charge in [0.2, 0.25) is 0 Å². The van der Waals surface area contributed by atoms with Crippen LogP contribution in [0.25, 0.3) is 0 Å². The molecule has 2 saturated carbocycles. The van der Waals surface area contributed by atoms with Crippen molar-refractivity contribution in [3.05, 3.63) is 34.3 Å². The number of amides is 1. The molecule has 2 aliphatic rings. The van der Waals surface area contributed by atoms with E-state index in [1.165, 1.54) is 25.7 Å². The average molecular weight is 322 g/mol. The van der Waals surface area contributed by atoms with Crippen molar-refractivity contribution in [2.75, 3.05) is 0 Å². The van der Waals surface area contributed by atoms with Gasteiger partial charge in [0, 0.05) is 16.1 Å². The zero-order valence-electron chi connectivity index (χ0n) is 11.2. The molecule has 0 aromatic heterocycles. The number of benzene rings is 1. The highest BCUT2D eigenvalue weighted by atomic mass is 79.9. The number of rotatable bonds is 3. The van der Waals surface area contributed by atoms with Crippen LogP contribution >= 0.6 is 15.9 Å². The molecule has 2 fully saturated rings. The van der Waals surface area contributed by atoms with Crippen LogP contribution in [0.3, 0.4) is 0 Å². The van der Waals surface area contributed by atoms with Crippen molar-refractivity contribution >= 4 is 21.8 Å². The van der Waals surface area contributed by atoms with Crippen molar-refractivity contribution in [1.29, 1.82) is 0 Å². The number of hydrogen-bond donors (Lipinski definition) is 1. The largest absolute Gasteiger partial charge is 0.349 e. The second-order valence-electron chi connectivity index (χ2n) is 6.11. The summed E-state index contributed by atoms with van der Waals surface area (Å²) in [5.41, 5.74) is 0.748. The molecule has 0 unspecified atom stereocenters. The topological polar surface area (TPSA) is 29.1 Å². The van der Waals surface area contributed by atoms with Crippen LogP contribution in [0.1, 0.15) is 43.0 Å². The molecule has 0 aliphatic heterocycles. The SMILES string of the molecule is C[C@@H](NC(=O)c1ccc(Br)cc1)[C@H]1C[C@H]2CC[C@H]1C2. The van der Waals surface area contributed by atoms with Crippen molar-refractivity contribution in [2.45, 2.75) is 38.6 Å². The Morgan fingerprint density at radius 2 is 2.00 bits per heavy atom. The Morgan fingerprint density at radius 1 is 1.26 bits per heavy atom. The van der Waals surface area contributed by atoms with Crippen LogP contribution in [0.15, 0.2) is 28.7 Å². The Labute approximate surface area is 123 Å². The van der Waals surface area contributed by atoms with Gasteiger partial charge < -0.3 is 5.32 Å². The third kappa shape index (κ3) is 2.71. The normalized spacial score (nSPS) is 30.3. The van der Waals surface area contributed by atoms with Gasteiger partial charge in [-0.05, 0) is 68.2 Å². The minimum atomic E-state index is 0.0581. The van der Waals surface area contributed by atoms with E-state index in [0.29, 0.717) is 12.0 Å². The van der Waals surface area contributed by atoms with Crippen LogP contribution in [-0.4, -0.2) is 11.9 Å². The Balaban J connectivity index is 1.61. The molecule has 3 rings (SSSR count). The molecule has 1 aromatic rings. The zero-order chi connectivity index (χ0) is 13.4. The molecule has 3 heteroatoms. The van der Waals surface area contributed by atoms with Crippen LogP contribution in [0, 0.1) is 17.8 Å². The second-order valence-corrected chi connectivity index (χ2v) is 7.02. The van der Waals surface area contributed by atoms with Gasteiger partial charge in [0.15, 0.2) is 0 Å². The molecule has 1 N–H and O–H groups in total. The summed E-state index contributed by atoms with van der Waals surface area (Å²) >= 11 is 3.39. The maximum atomic E-state index is 12.2. The van der Waals surface area contributed by atoms with Crippen LogP contribution in [0.5, 0.6) is 0 Å². The average Bonchev–Trinajstić information content (AvgIpc) is 3.01. The lowest BCUT2D eigenvalue weighted by Crippen LogP contribution is -2.40. The quantitative estimate of drug-likeness (QED) is 0.895. The smallest absolute Gasteiger partial charge is 0.251 e. The molecule has 0 radical (unpaired) electrons. The number of carbonyl (C=O) groups excluding carboxylic acids is 1. The van der Waals surface area contributed by atoms with Crippen molar-refractivity contribution in [2.24, 2.45) is 17.8 Å². The lowest BCUT2D eigenvalue weighted by molar-refractivity contribution is 0.0915. The van der Waals surface area contributed by atoms with E-state index < -0.39 is 0 Å². The third-order valence-corrected chi connectivity index (χ3v) is 5.43. The second kappa shape index (κ2) is 5.28. The fraction of sp³-hybridized carbons (Fsp3) is 0.562. The molecule has 4 atom stereocenters. The maximum absolute atomic E-state index is 12.2. The van der Waals surface area contributed by atoms with Gasteiger partial charge in [-0.1, -0.05) is 22.4 Å². The van der Waals surface area contributed by atoms with Gasteiger partial charge in [-0.2, -0.15) is 0 Å². The predicted molar refractivity (Wildman–Crippen MR) is 80.0 cm³/mol. The highest BCUT2D eigenvalue weighted by Crippen LogP contribution is 2.49. The Kier molecular flexibility index (Phi) is 3.66. The molecule has 1 aromatic carbocycles. The lowest BCUT2D eigenvalue weighted by Gasteiger charge is -2.28. The number of halogens is 1. The van der Waals surface area contributed by atoms with E-state index >= 15 is 0 Å². The molecule has 102 valence electrons. The predicted octanol–water partition coefficient (Wildman–Crippen LogP) is 4.00. The minimum absolute atomic E-state index is 0.0581. The summed E-state index contributed by atoms with van der Waals surface area (Å²) in [5.74, 6) is 2.54. The molecule has 0 heterocycles. The van der Waals surface area contributed by atoms with Crippen molar-refractivity contribution in [3.8, 4) is 0 Å². The number of hydrogen-bond acceptors (Lipinski definition) is 1. The lowest BCUT2D eigenvalue weighted by atomic mass is 9.84. The zero-order valence-corrected chi connectivity index (χ0v) is 12.8. The summed E-state index contributed by atoms with van der Waals surface area (Å²) in [6, 6.07) is 7.86. The summed E-state index contributed by atoms with van der Waals surface area (Å²) < 4.78 is 1.00. The van der Waals surface area contributed by atoms with Gasteiger partial charge in [0.25, 0.3) is 5.91 Å². The molecular weight excluding hydrogens is 302 g/mol. The number of carbonyl (C=O) groups is 1. The van der Waals surface area contributed by atoms with Gasteiger partial charge in [0.1, 0.15) is 0 Å².